The standard InChI is InChI=1S/C23H25NO4/c1-26-19-8-6-18(7-9-19)23(12-2-3-13-23)15-24-22(25)11-5-17-4-10-20-21(14-17)28-16-27-20/h4-11,14H,2-3,12-13,15-16H2,1H3,(H,24,25)/b11-5+. The van der Waals surface area contributed by atoms with E-state index < -0.39 is 0 Å². The molecule has 0 atom stereocenters. The normalized spacial score (nSPS) is 17.0. The van der Waals surface area contributed by atoms with Gasteiger partial charge in [-0.25, -0.2) is 0 Å². The van der Waals surface area contributed by atoms with E-state index in [1.54, 1.807) is 19.3 Å². The second-order valence-corrected chi connectivity index (χ2v) is 7.38. The summed E-state index contributed by atoms with van der Waals surface area (Å²) >= 11 is 0. The van der Waals surface area contributed by atoms with Crippen LogP contribution in [-0.2, 0) is 10.2 Å². The summed E-state index contributed by atoms with van der Waals surface area (Å²) in [7, 11) is 1.67. The number of benzene rings is 2. The summed E-state index contributed by atoms with van der Waals surface area (Å²) in [6, 6.07) is 13.9. The molecular formula is C23H25NO4. The number of carbonyl (C=O) groups is 1. The minimum atomic E-state index is -0.0857. The van der Waals surface area contributed by atoms with E-state index in [9.17, 15) is 4.79 Å². The van der Waals surface area contributed by atoms with E-state index in [-0.39, 0.29) is 18.1 Å². The van der Waals surface area contributed by atoms with Crippen LogP contribution in [0.15, 0.2) is 48.5 Å². The molecule has 4 rings (SSSR count). The van der Waals surface area contributed by atoms with Crippen molar-refractivity contribution in [1.82, 2.24) is 5.32 Å². The minimum Gasteiger partial charge on any atom is -0.497 e. The first kappa shape index (κ1) is 18.4. The highest BCUT2D eigenvalue weighted by atomic mass is 16.7. The van der Waals surface area contributed by atoms with Crippen molar-refractivity contribution in [2.45, 2.75) is 31.1 Å². The lowest BCUT2D eigenvalue weighted by atomic mass is 9.78. The van der Waals surface area contributed by atoms with Gasteiger partial charge in [-0.3, -0.25) is 4.79 Å². The maximum atomic E-state index is 12.4. The zero-order valence-electron chi connectivity index (χ0n) is 16.1. The highest BCUT2D eigenvalue weighted by Crippen LogP contribution is 2.41. The minimum absolute atomic E-state index is 0.00845. The Bertz CT molecular complexity index is 867. The molecular weight excluding hydrogens is 354 g/mol. The van der Waals surface area contributed by atoms with Crippen molar-refractivity contribution in [3.05, 3.63) is 59.7 Å². The van der Waals surface area contributed by atoms with Crippen molar-refractivity contribution in [3.8, 4) is 17.2 Å². The molecule has 2 aromatic carbocycles. The summed E-state index contributed by atoms with van der Waals surface area (Å²) in [4.78, 5) is 12.4. The van der Waals surface area contributed by atoms with Crippen LogP contribution in [0.4, 0.5) is 0 Å². The summed E-state index contributed by atoms with van der Waals surface area (Å²) in [5.41, 5.74) is 2.19. The lowest BCUT2D eigenvalue weighted by molar-refractivity contribution is -0.116. The Balaban J connectivity index is 1.40. The van der Waals surface area contributed by atoms with Crippen molar-refractivity contribution in [2.24, 2.45) is 0 Å². The lowest BCUT2D eigenvalue weighted by Crippen LogP contribution is -2.38. The zero-order valence-corrected chi connectivity index (χ0v) is 16.1. The van der Waals surface area contributed by atoms with Gasteiger partial charge in [-0.05, 0) is 54.3 Å². The smallest absolute Gasteiger partial charge is 0.244 e. The van der Waals surface area contributed by atoms with Crippen molar-refractivity contribution in [2.75, 3.05) is 20.4 Å². The van der Waals surface area contributed by atoms with Crippen molar-refractivity contribution < 1.29 is 19.0 Å². The molecule has 1 fully saturated rings. The van der Waals surface area contributed by atoms with E-state index in [4.69, 9.17) is 14.2 Å². The number of hydrogen-bond acceptors (Lipinski definition) is 4. The third kappa shape index (κ3) is 3.84. The van der Waals surface area contributed by atoms with Crippen LogP contribution in [0.1, 0.15) is 36.8 Å². The van der Waals surface area contributed by atoms with E-state index in [0.29, 0.717) is 12.3 Å². The molecule has 1 N–H and O–H groups in total. The summed E-state index contributed by atoms with van der Waals surface area (Å²) in [6.45, 7) is 0.889. The van der Waals surface area contributed by atoms with Crippen molar-refractivity contribution in [1.29, 1.82) is 0 Å². The largest absolute Gasteiger partial charge is 0.497 e. The molecule has 0 saturated heterocycles. The first-order valence-electron chi connectivity index (χ1n) is 9.69. The molecule has 146 valence electrons. The number of nitrogens with one attached hydrogen (secondary N) is 1. The van der Waals surface area contributed by atoms with Gasteiger partial charge in [-0.1, -0.05) is 31.0 Å². The third-order valence-electron chi connectivity index (χ3n) is 5.69. The molecule has 0 bridgehead atoms. The van der Waals surface area contributed by atoms with Crippen LogP contribution < -0.4 is 19.5 Å². The molecule has 1 heterocycles. The Morgan fingerprint density at radius 3 is 2.61 bits per heavy atom. The summed E-state index contributed by atoms with van der Waals surface area (Å²) in [5.74, 6) is 2.22. The zero-order chi connectivity index (χ0) is 19.4. The van der Waals surface area contributed by atoms with Gasteiger partial charge in [0.25, 0.3) is 0 Å². The van der Waals surface area contributed by atoms with Gasteiger partial charge in [-0.15, -0.1) is 0 Å². The summed E-state index contributed by atoms with van der Waals surface area (Å²) < 4.78 is 16.0. The predicted octanol–water partition coefficient (Wildman–Crippen LogP) is 4.07. The molecule has 2 aliphatic rings. The number of ether oxygens (including phenoxy) is 3. The van der Waals surface area contributed by atoms with Gasteiger partial charge in [0.15, 0.2) is 11.5 Å². The van der Waals surface area contributed by atoms with Gasteiger partial charge in [0.1, 0.15) is 5.75 Å². The van der Waals surface area contributed by atoms with Gasteiger partial charge < -0.3 is 19.5 Å². The van der Waals surface area contributed by atoms with E-state index in [2.05, 4.69) is 17.4 Å². The van der Waals surface area contributed by atoms with Crippen LogP contribution in [0, 0.1) is 0 Å². The van der Waals surface area contributed by atoms with E-state index in [1.165, 1.54) is 18.4 Å². The topological polar surface area (TPSA) is 56.8 Å². The van der Waals surface area contributed by atoms with E-state index in [0.717, 1.165) is 29.9 Å². The number of rotatable bonds is 6. The molecule has 1 amide bonds. The molecule has 1 aliphatic heterocycles. The molecule has 1 saturated carbocycles. The number of hydrogen-bond donors (Lipinski definition) is 1. The summed E-state index contributed by atoms with van der Waals surface area (Å²) in [6.07, 6.45) is 7.93. The molecule has 0 unspecified atom stereocenters. The second kappa shape index (κ2) is 7.97. The van der Waals surface area contributed by atoms with Crippen molar-refractivity contribution in [3.63, 3.8) is 0 Å². The van der Waals surface area contributed by atoms with Crippen LogP contribution in [0.25, 0.3) is 6.08 Å². The second-order valence-electron chi connectivity index (χ2n) is 7.38. The van der Waals surface area contributed by atoms with Crippen LogP contribution in [0.2, 0.25) is 0 Å². The SMILES string of the molecule is COc1ccc(C2(CNC(=O)/C=C/c3ccc4c(c3)OCO4)CCCC2)cc1. The van der Waals surface area contributed by atoms with Crippen LogP contribution in [0.5, 0.6) is 17.2 Å². The van der Waals surface area contributed by atoms with Gasteiger partial charge >= 0.3 is 0 Å². The fourth-order valence-electron chi connectivity index (χ4n) is 4.07. The molecule has 0 spiro atoms. The molecule has 0 radical (unpaired) electrons. The quantitative estimate of drug-likeness (QED) is 0.769. The maximum Gasteiger partial charge on any atom is 0.244 e. The molecule has 5 nitrogen and oxygen atoms in total. The molecule has 0 aromatic heterocycles. The van der Waals surface area contributed by atoms with E-state index >= 15 is 0 Å². The highest BCUT2D eigenvalue weighted by molar-refractivity contribution is 5.91. The van der Waals surface area contributed by atoms with Crippen LogP contribution in [0.3, 0.4) is 0 Å². The Morgan fingerprint density at radius 1 is 1.11 bits per heavy atom. The number of carbonyl (C=O) groups excluding carboxylic acids is 1. The monoisotopic (exact) mass is 379 g/mol. The van der Waals surface area contributed by atoms with Gasteiger partial charge in [-0.2, -0.15) is 0 Å². The number of fused-ring (bicyclic) bond motifs is 1. The molecule has 28 heavy (non-hydrogen) atoms. The average molecular weight is 379 g/mol. The number of methoxy groups -OCH3 is 1. The predicted molar refractivity (Wildman–Crippen MR) is 108 cm³/mol. The Labute approximate surface area is 165 Å². The highest BCUT2D eigenvalue weighted by Gasteiger charge is 2.35. The van der Waals surface area contributed by atoms with Gasteiger partial charge in [0, 0.05) is 18.0 Å². The first-order valence-corrected chi connectivity index (χ1v) is 9.69. The molecule has 1 aliphatic carbocycles. The average Bonchev–Trinajstić information content (AvgIpc) is 3.40. The fraction of sp³-hybridized carbons (Fsp3) is 0.348. The Morgan fingerprint density at radius 2 is 1.86 bits per heavy atom. The fourth-order valence-corrected chi connectivity index (χ4v) is 4.07. The molecule has 2 aromatic rings. The van der Waals surface area contributed by atoms with Crippen LogP contribution in [-0.4, -0.2) is 26.4 Å². The Kier molecular flexibility index (Phi) is 5.24. The third-order valence-corrected chi connectivity index (χ3v) is 5.69. The van der Waals surface area contributed by atoms with E-state index in [1.807, 2.05) is 30.3 Å². The number of amides is 1. The maximum absolute atomic E-state index is 12.4. The summed E-state index contributed by atoms with van der Waals surface area (Å²) in [5, 5.41) is 3.10. The Hall–Kier alpha value is -2.95. The van der Waals surface area contributed by atoms with Crippen LogP contribution >= 0.6 is 0 Å². The lowest BCUT2D eigenvalue weighted by Gasteiger charge is -2.30. The van der Waals surface area contributed by atoms with Gasteiger partial charge in [0.05, 0.1) is 7.11 Å². The van der Waals surface area contributed by atoms with Gasteiger partial charge in [0.2, 0.25) is 12.7 Å². The molecule has 5 heteroatoms. The van der Waals surface area contributed by atoms with Crippen molar-refractivity contribution >= 4 is 12.0 Å². The first-order chi connectivity index (χ1) is 13.7.